The van der Waals surface area contributed by atoms with Crippen LogP contribution in [0.25, 0.3) is 0 Å². The molecule has 5 nitrogen and oxygen atoms in total. The summed E-state index contributed by atoms with van der Waals surface area (Å²) in [5.74, 6) is -1.97. The van der Waals surface area contributed by atoms with Gasteiger partial charge in [-0.15, -0.1) is 0 Å². The van der Waals surface area contributed by atoms with Crippen molar-refractivity contribution in [3.05, 3.63) is 35.1 Å². The molecule has 19 heavy (non-hydrogen) atoms. The monoisotopic (exact) mass is 266 g/mol. The number of hydrogen-bond acceptors (Lipinski definition) is 3. The van der Waals surface area contributed by atoms with Crippen molar-refractivity contribution >= 4 is 11.8 Å². The van der Waals surface area contributed by atoms with Crippen LogP contribution in [-0.2, 0) is 4.79 Å². The highest BCUT2D eigenvalue weighted by atomic mass is 19.1. The van der Waals surface area contributed by atoms with Crippen molar-refractivity contribution in [2.24, 2.45) is 5.73 Å². The van der Waals surface area contributed by atoms with Gasteiger partial charge in [-0.3, -0.25) is 9.59 Å². The first kappa shape index (κ1) is 13.5. The van der Waals surface area contributed by atoms with Crippen molar-refractivity contribution in [3.8, 4) is 0 Å². The summed E-state index contributed by atoms with van der Waals surface area (Å²) in [6.07, 6.45) is -0.718. The lowest BCUT2D eigenvalue weighted by Crippen LogP contribution is -2.44. The van der Waals surface area contributed by atoms with E-state index in [-0.39, 0.29) is 18.5 Å². The Morgan fingerprint density at radius 3 is 2.74 bits per heavy atom. The number of hydrogen-bond donors (Lipinski definition) is 2. The van der Waals surface area contributed by atoms with Gasteiger partial charge in [0.2, 0.25) is 5.91 Å². The van der Waals surface area contributed by atoms with Crippen LogP contribution in [0.15, 0.2) is 18.2 Å². The number of carbonyl (C=O) groups excluding carboxylic acids is 2. The normalized spacial score (nSPS) is 22.6. The Labute approximate surface area is 109 Å². The zero-order valence-corrected chi connectivity index (χ0v) is 10.5. The molecule has 0 aromatic heterocycles. The number of β-amino-alcohol motifs (C(OH)–C–C–N with tert-alkyl or cyclic N) is 1. The maximum Gasteiger partial charge on any atom is 0.257 e. The first-order valence-corrected chi connectivity index (χ1v) is 5.94. The summed E-state index contributed by atoms with van der Waals surface area (Å²) in [7, 11) is 0. The van der Waals surface area contributed by atoms with E-state index in [1.165, 1.54) is 12.1 Å². The Balaban J connectivity index is 2.30. The maximum absolute atomic E-state index is 13.8. The first-order chi connectivity index (χ1) is 8.90. The van der Waals surface area contributed by atoms with Gasteiger partial charge in [0.15, 0.2) is 0 Å². The molecule has 6 heteroatoms. The molecule has 2 rings (SSSR count). The largest absolute Gasteiger partial charge is 0.391 e. The number of nitrogens with two attached hydrogens (primary N) is 1. The quantitative estimate of drug-likeness (QED) is 0.801. The second-order valence-corrected chi connectivity index (χ2v) is 4.75. The molecule has 2 unspecified atom stereocenters. The number of rotatable bonds is 2. The van der Waals surface area contributed by atoms with Gasteiger partial charge in [-0.25, -0.2) is 4.39 Å². The van der Waals surface area contributed by atoms with Crippen LogP contribution >= 0.6 is 0 Å². The molecule has 1 aromatic rings. The minimum atomic E-state index is -0.886. The molecule has 0 spiro atoms. The molecular weight excluding hydrogens is 251 g/mol. The first-order valence-electron chi connectivity index (χ1n) is 5.94. The number of likely N-dealkylation sites (tertiary alicyclic amines) is 1. The predicted molar refractivity (Wildman–Crippen MR) is 65.8 cm³/mol. The molecule has 0 bridgehead atoms. The number of aliphatic hydroxyl groups excluding tert-OH is 1. The van der Waals surface area contributed by atoms with E-state index in [9.17, 15) is 19.1 Å². The van der Waals surface area contributed by atoms with Crippen LogP contribution < -0.4 is 5.73 Å². The lowest BCUT2D eigenvalue weighted by Gasteiger charge is -2.22. The van der Waals surface area contributed by atoms with Gasteiger partial charge in [0, 0.05) is 13.0 Å². The molecule has 1 saturated heterocycles. The SMILES string of the molecule is Cc1ccc(C(=O)N2CC(O)CC2C(N)=O)c(F)c1. The molecule has 1 heterocycles. The number of nitrogens with zero attached hydrogens (tertiary/aromatic N) is 1. The van der Waals surface area contributed by atoms with Crippen LogP contribution in [0.4, 0.5) is 4.39 Å². The van der Waals surface area contributed by atoms with Gasteiger partial charge in [-0.05, 0) is 24.6 Å². The Morgan fingerprint density at radius 1 is 1.47 bits per heavy atom. The Bertz CT molecular complexity index is 533. The smallest absolute Gasteiger partial charge is 0.257 e. The Hall–Kier alpha value is -1.95. The topological polar surface area (TPSA) is 83.6 Å². The van der Waals surface area contributed by atoms with Gasteiger partial charge in [0.05, 0.1) is 11.7 Å². The number of aliphatic hydroxyl groups is 1. The summed E-state index contributed by atoms with van der Waals surface area (Å²) < 4.78 is 13.8. The summed E-state index contributed by atoms with van der Waals surface area (Å²) in [4.78, 5) is 24.6. The summed E-state index contributed by atoms with van der Waals surface area (Å²) in [6, 6.07) is 3.35. The van der Waals surface area contributed by atoms with E-state index in [0.29, 0.717) is 5.56 Å². The second kappa shape index (κ2) is 4.97. The van der Waals surface area contributed by atoms with E-state index in [2.05, 4.69) is 0 Å². The molecule has 2 amide bonds. The Morgan fingerprint density at radius 2 is 2.16 bits per heavy atom. The zero-order valence-electron chi connectivity index (χ0n) is 10.5. The fourth-order valence-electron chi connectivity index (χ4n) is 2.26. The lowest BCUT2D eigenvalue weighted by molar-refractivity contribution is -0.121. The molecule has 1 fully saturated rings. The number of carbonyl (C=O) groups is 2. The maximum atomic E-state index is 13.8. The van der Waals surface area contributed by atoms with Gasteiger partial charge < -0.3 is 15.7 Å². The highest BCUT2D eigenvalue weighted by molar-refractivity contribution is 5.98. The summed E-state index contributed by atoms with van der Waals surface area (Å²) in [6.45, 7) is 1.70. The number of benzene rings is 1. The number of aryl methyl sites for hydroxylation is 1. The average Bonchev–Trinajstić information content (AvgIpc) is 2.70. The van der Waals surface area contributed by atoms with Crippen molar-refractivity contribution in [1.29, 1.82) is 0 Å². The van der Waals surface area contributed by atoms with Crippen LogP contribution in [0.1, 0.15) is 22.3 Å². The summed E-state index contributed by atoms with van der Waals surface area (Å²) >= 11 is 0. The third kappa shape index (κ3) is 2.58. The minimum absolute atomic E-state index is 0.0141. The fourth-order valence-corrected chi connectivity index (χ4v) is 2.26. The second-order valence-electron chi connectivity index (χ2n) is 4.75. The Kier molecular flexibility index (Phi) is 3.53. The standard InChI is InChI=1S/C13H15FN2O3/c1-7-2-3-9(10(14)4-7)13(19)16-6-8(17)5-11(16)12(15)18/h2-4,8,11,17H,5-6H2,1H3,(H2,15,18). The van der Waals surface area contributed by atoms with E-state index >= 15 is 0 Å². The van der Waals surface area contributed by atoms with Gasteiger partial charge in [-0.1, -0.05) is 6.07 Å². The van der Waals surface area contributed by atoms with E-state index < -0.39 is 29.8 Å². The third-order valence-electron chi connectivity index (χ3n) is 3.22. The highest BCUT2D eigenvalue weighted by Gasteiger charge is 2.38. The summed E-state index contributed by atoms with van der Waals surface area (Å²) in [5, 5.41) is 9.53. The van der Waals surface area contributed by atoms with Gasteiger partial charge >= 0.3 is 0 Å². The van der Waals surface area contributed by atoms with Gasteiger partial charge in [0.25, 0.3) is 5.91 Å². The number of amides is 2. The molecule has 3 N–H and O–H groups in total. The van der Waals surface area contributed by atoms with E-state index in [4.69, 9.17) is 5.73 Å². The van der Waals surface area contributed by atoms with Crippen molar-refractivity contribution in [1.82, 2.24) is 4.90 Å². The number of primary amides is 1. The van der Waals surface area contributed by atoms with Crippen molar-refractivity contribution in [2.45, 2.75) is 25.5 Å². The number of halogens is 1. The van der Waals surface area contributed by atoms with Crippen LogP contribution in [-0.4, -0.2) is 40.5 Å². The molecule has 1 aliphatic heterocycles. The molecule has 2 atom stereocenters. The van der Waals surface area contributed by atoms with Gasteiger partial charge in [0.1, 0.15) is 11.9 Å². The van der Waals surface area contributed by atoms with E-state index in [1.807, 2.05) is 0 Å². The van der Waals surface area contributed by atoms with Gasteiger partial charge in [-0.2, -0.15) is 0 Å². The van der Waals surface area contributed by atoms with E-state index in [1.54, 1.807) is 13.0 Å². The van der Waals surface area contributed by atoms with Crippen LogP contribution in [0.2, 0.25) is 0 Å². The molecule has 0 aliphatic carbocycles. The summed E-state index contributed by atoms with van der Waals surface area (Å²) in [5.41, 5.74) is 5.77. The predicted octanol–water partition coefficient (Wildman–Crippen LogP) is 0.195. The van der Waals surface area contributed by atoms with E-state index in [0.717, 1.165) is 4.90 Å². The zero-order chi connectivity index (χ0) is 14.2. The lowest BCUT2D eigenvalue weighted by atomic mass is 10.1. The third-order valence-corrected chi connectivity index (χ3v) is 3.22. The molecule has 0 saturated carbocycles. The highest BCUT2D eigenvalue weighted by Crippen LogP contribution is 2.22. The molecule has 102 valence electrons. The molecule has 1 aromatic carbocycles. The molecule has 1 aliphatic rings. The molecule has 0 radical (unpaired) electrons. The average molecular weight is 266 g/mol. The fraction of sp³-hybridized carbons (Fsp3) is 0.385. The van der Waals surface area contributed by atoms with Crippen LogP contribution in [0.3, 0.4) is 0 Å². The van der Waals surface area contributed by atoms with Crippen molar-refractivity contribution in [2.75, 3.05) is 6.54 Å². The van der Waals surface area contributed by atoms with Crippen molar-refractivity contribution in [3.63, 3.8) is 0 Å². The molecular formula is C13H15FN2O3. The minimum Gasteiger partial charge on any atom is -0.391 e. The van der Waals surface area contributed by atoms with Crippen molar-refractivity contribution < 1.29 is 19.1 Å². The van der Waals surface area contributed by atoms with Crippen LogP contribution in [0.5, 0.6) is 0 Å². The van der Waals surface area contributed by atoms with Crippen LogP contribution in [0, 0.1) is 12.7 Å².